The lowest BCUT2D eigenvalue weighted by atomic mass is 10.1. The van der Waals surface area contributed by atoms with Crippen LogP contribution in [-0.4, -0.2) is 32.3 Å². The third-order valence-electron chi connectivity index (χ3n) is 3.45. The van der Waals surface area contributed by atoms with Crippen molar-refractivity contribution in [2.45, 2.75) is 25.7 Å². The number of aliphatic imine (C=N–C) groups is 1. The van der Waals surface area contributed by atoms with E-state index in [0.717, 1.165) is 17.7 Å². The van der Waals surface area contributed by atoms with Gasteiger partial charge >= 0.3 is 6.18 Å². The maximum absolute atomic E-state index is 12.1. The molecule has 0 atom stereocenters. The van der Waals surface area contributed by atoms with Crippen LogP contribution in [0.25, 0.3) is 0 Å². The van der Waals surface area contributed by atoms with Gasteiger partial charge in [0, 0.05) is 26.6 Å². The molecule has 2 rings (SSSR count). The number of nitrogens with zero attached hydrogens (tertiary/aromatic N) is 1. The minimum atomic E-state index is -4.31. The summed E-state index contributed by atoms with van der Waals surface area (Å²) in [6, 6.07) is 11.0. The van der Waals surface area contributed by atoms with Crippen molar-refractivity contribution in [1.82, 2.24) is 10.6 Å². The topological polar surface area (TPSA) is 58.8 Å². The molecule has 1 aromatic carbocycles. The first kappa shape index (κ1) is 19.8. The van der Waals surface area contributed by atoms with Gasteiger partial charge in [0.25, 0.3) is 0 Å². The van der Waals surface area contributed by atoms with Crippen molar-refractivity contribution >= 4 is 5.96 Å². The molecule has 0 unspecified atom stereocenters. The molecule has 0 aliphatic carbocycles. The van der Waals surface area contributed by atoms with E-state index < -0.39 is 12.8 Å². The third kappa shape index (κ3) is 7.60. The summed E-state index contributed by atoms with van der Waals surface area (Å²) in [5, 5.41) is 6.33. The molecule has 26 heavy (non-hydrogen) atoms. The molecule has 142 valence electrons. The Morgan fingerprint density at radius 2 is 1.96 bits per heavy atom. The zero-order valence-corrected chi connectivity index (χ0v) is 14.5. The summed E-state index contributed by atoms with van der Waals surface area (Å²) in [5.74, 6) is 1.52. The highest BCUT2D eigenvalue weighted by atomic mass is 19.4. The summed E-state index contributed by atoms with van der Waals surface area (Å²) in [7, 11) is 1.67. The molecule has 2 aromatic rings. The van der Waals surface area contributed by atoms with Crippen LogP contribution in [0.3, 0.4) is 0 Å². The van der Waals surface area contributed by atoms with Crippen LogP contribution in [0.2, 0.25) is 0 Å². The maximum Gasteiger partial charge on any atom is 0.411 e. The molecule has 8 heteroatoms. The number of hydrogen-bond donors (Lipinski definition) is 2. The lowest BCUT2D eigenvalue weighted by molar-refractivity contribution is -0.176. The maximum atomic E-state index is 12.1. The number of nitrogens with one attached hydrogen (secondary N) is 2. The van der Waals surface area contributed by atoms with Crippen LogP contribution in [0, 0.1) is 0 Å². The predicted molar refractivity (Wildman–Crippen MR) is 92.8 cm³/mol. The van der Waals surface area contributed by atoms with E-state index in [2.05, 4.69) is 20.4 Å². The van der Waals surface area contributed by atoms with Gasteiger partial charge in [0.2, 0.25) is 0 Å². The molecule has 0 amide bonds. The number of hydrogen-bond acceptors (Lipinski definition) is 3. The first-order chi connectivity index (χ1) is 12.5. The van der Waals surface area contributed by atoms with E-state index >= 15 is 0 Å². The van der Waals surface area contributed by atoms with Gasteiger partial charge < -0.3 is 19.8 Å². The van der Waals surface area contributed by atoms with Crippen LogP contribution >= 0.6 is 0 Å². The lowest BCUT2D eigenvalue weighted by Gasteiger charge is -2.12. The van der Waals surface area contributed by atoms with Crippen molar-refractivity contribution in [2.24, 2.45) is 4.99 Å². The molecule has 0 radical (unpaired) electrons. The molecule has 1 aromatic heterocycles. The zero-order chi connectivity index (χ0) is 18.8. The number of ether oxygens (including phenoxy) is 1. The Morgan fingerprint density at radius 3 is 2.65 bits per heavy atom. The Hall–Kier alpha value is -2.48. The van der Waals surface area contributed by atoms with Gasteiger partial charge in [-0.2, -0.15) is 13.2 Å². The van der Waals surface area contributed by atoms with Crippen molar-refractivity contribution in [1.29, 1.82) is 0 Å². The van der Waals surface area contributed by atoms with E-state index in [4.69, 9.17) is 4.42 Å². The Kier molecular flexibility index (Phi) is 7.53. The highest BCUT2D eigenvalue weighted by Crippen LogP contribution is 2.16. The summed E-state index contributed by atoms with van der Waals surface area (Å²) in [6.07, 6.45) is -1.94. The summed E-state index contributed by atoms with van der Waals surface area (Å²) in [4.78, 5) is 4.14. The molecule has 0 aliphatic rings. The molecular weight excluding hydrogens is 347 g/mol. The monoisotopic (exact) mass is 369 g/mol. The standard InChI is InChI=1S/C18H22F3N3O2/c1-22-17(23-8-7-16-6-3-9-26-16)24-11-14-4-2-5-15(10-14)12-25-13-18(19,20)21/h2-6,9-10H,7-8,11-13H2,1H3,(H2,22,23,24). The van der Waals surface area contributed by atoms with Gasteiger partial charge in [-0.3, -0.25) is 4.99 Å². The van der Waals surface area contributed by atoms with E-state index in [9.17, 15) is 13.2 Å². The van der Waals surface area contributed by atoms with Crippen LogP contribution in [0.15, 0.2) is 52.1 Å². The predicted octanol–water partition coefficient (Wildman–Crippen LogP) is 3.27. The third-order valence-corrected chi connectivity index (χ3v) is 3.45. The molecule has 0 spiro atoms. The summed E-state index contributed by atoms with van der Waals surface area (Å²) >= 11 is 0. The Labute approximate surface area is 150 Å². The summed E-state index contributed by atoms with van der Waals surface area (Å²) < 4.78 is 46.3. The number of halogens is 3. The van der Waals surface area contributed by atoms with Crippen molar-refractivity contribution in [3.8, 4) is 0 Å². The van der Waals surface area contributed by atoms with Crippen molar-refractivity contribution in [3.63, 3.8) is 0 Å². The second-order valence-electron chi connectivity index (χ2n) is 5.61. The van der Waals surface area contributed by atoms with Crippen molar-refractivity contribution in [3.05, 3.63) is 59.5 Å². The SMILES string of the molecule is CN=C(NCCc1ccco1)NCc1cccc(COCC(F)(F)F)c1. The van der Waals surface area contributed by atoms with Gasteiger partial charge in [-0.05, 0) is 23.3 Å². The number of furan rings is 1. The number of benzene rings is 1. The molecule has 1 heterocycles. The van der Waals surface area contributed by atoms with E-state index in [1.807, 2.05) is 18.2 Å². The molecular formula is C18H22F3N3O2. The van der Waals surface area contributed by atoms with Crippen LogP contribution < -0.4 is 10.6 Å². The highest BCUT2D eigenvalue weighted by molar-refractivity contribution is 5.79. The first-order valence-corrected chi connectivity index (χ1v) is 8.15. The molecule has 5 nitrogen and oxygen atoms in total. The minimum absolute atomic E-state index is 0.0799. The molecule has 0 saturated heterocycles. The van der Waals surface area contributed by atoms with Crippen LogP contribution in [0.4, 0.5) is 13.2 Å². The largest absolute Gasteiger partial charge is 0.469 e. The number of guanidine groups is 1. The molecule has 0 bridgehead atoms. The normalized spacial score (nSPS) is 12.2. The fourth-order valence-corrected chi connectivity index (χ4v) is 2.28. The van der Waals surface area contributed by atoms with Crippen molar-refractivity contribution in [2.75, 3.05) is 20.2 Å². The zero-order valence-electron chi connectivity index (χ0n) is 14.5. The van der Waals surface area contributed by atoms with E-state index in [-0.39, 0.29) is 6.61 Å². The van der Waals surface area contributed by atoms with Crippen LogP contribution in [0.1, 0.15) is 16.9 Å². The van der Waals surface area contributed by atoms with Crippen LogP contribution in [-0.2, 0) is 24.3 Å². The number of alkyl halides is 3. The Balaban J connectivity index is 1.75. The second kappa shape index (κ2) is 9.86. The summed E-state index contributed by atoms with van der Waals surface area (Å²) in [6.45, 7) is -0.169. The van der Waals surface area contributed by atoms with Crippen LogP contribution in [0.5, 0.6) is 0 Å². The van der Waals surface area contributed by atoms with E-state index in [1.165, 1.54) is 0 Å². The summed E-state index contributed by atoms with van der Waals surface area (Å²) in [5.41, 5.74) is 1.61. The number of rotatable bonds is 8. The van der Waals surface area contributed by atoms with Gasteiger partial charge in [-0.25, -0.2) is 0 Å². The Bertz CT molecular complexity index is 685. The highest BCUT2D eigenvalue weighted by Gasteiger charge is 2.27. The molecule has 0 aliphatic heterocycles. The Morgan fingerprint density at radius 1 is 1.15 bits per heavy atom. The quantitative estimate of drug-likeness (QED) is 0.554. The average molecular weight is 369 g/mol. The molecule has 0 saturated carbocycles. The van der Waals surface area contributed by atoms with Gasteiger partial charge in [-0.15, -0.1) is 0 Å². The van der Waals surface area contributed by atoms with Gasteiger partial charge in [-0.1, -0.05) is 24.3 Å². The minimum Gasteiger partial charge on any atom is -0.469 e. The van der Waals surface area contributed by atoms with Gasteiger partial charge in [0.05, 0.1) is 12.9 Å². The van der Waals surface area contributed by atoms with E-state index in [1.54, 1.807) is 31.5 Å². The smallest absolute Gasteiger partial charge is 0.411 e. The molecule has 2 N–H and O–H groups in total. The fraction of sp³-hybridized carbons (Fsp3) is 0.389. The fourth-order valence-electron chi connectivity index (χ4n) is 2.28. The average Bonchev–Trinajstić information content (AvgIpc) is 3.10. The molecule has 0 fully saturated rings. The van der Waals surface area contributed by atoms with E-state index in [0.29, 0.717) is 24.6 Å². The van der Waals surface area contributed by atoms with Crippen molar-refractivity contribution < 1.29 is 22.3 Å². The first-order valence-electron chi connectivity index (χ1n) is 8.15. The van der Waals surface area contributed by atoms with Gasteiger partial charge in [0.15, 0.2) is 5.96 Å². The lowest BCUT2D eigenvalue weighted by Crippen LogP contribution is -2.37. The second-order valence-corrected chi connectivity index (χ2v) is 5.61. The van der Waals surface area contributed by atoms with Gasteiger partial charge in [0.1, 0.15) is 12.4 Å².